The fraction of sp³-hybridized carbons (Fsp3) is 0.857. The zero-order valence-electron chi connectivity index (χ0n) is 5.88. The van der Waals surface area contributed by atoms with E-state index in [9.17, 15) is 4.79 Å². The lowest BCUT2D eigenvalue weighted by atomic mass is 10.2. The predicted octanol–water partition coefficient (Wildman–Crippen LogP) is 0.891. The summed E-state index contributed by atoms with van der Waals surface area (Å²) in [6.45, 7) is 1.43. The minimum absolute atomic E-state index is 0.345. The van der Waals surface area contributed by atoms with Crippen molar-refractivity contribution in [2.24, 2.45) is 4.99 Å². The molecule has 0 aromatic heterocycles. The molecule has 0 saturated carbocycles. The molecule has 1 rings (SSSR count). The molecular formula is C7H11NO2. The van der Waals surface area contributed by atoms with E-state index in [0.717, 1.165) is 25.9 Å². The van der Waals surface area contributed by atoms with Crippen molar-refractivity contribution in [2.45, 2.75) is 25.4 Å². The first-order chi connectivity index (χ1) is 4.93. The molecule has 0 radical (unpaired) electrons. The first-order valence-electron chi connectivity index (χ1n) is 3.58. The van der Waals surface area contributed by atoms with Crippen LogP contribution in [0.5, 0.6) is 0 Å². The lowest BCUT2D eigenvalue weighted by molar-refractivity contribution is 0.106. The molecule has 1 saturated heterocycles. The highest BCUT2D eigenvalue weighted by Crippen LogP contribution is 2.14. The molecule has 0 aliphatic carbocycles. The van der Waals surface area contributed by atoms with E-state index >= 15 is 0 Å². The summed E-state index contributed by atoms with van der Waals surface area (Å²) in [6, 6.07) is 0. The van der Waals surface area contributed by atoms with Crippen molar-refractivity contribution < 1.29 is 9.53 Å². The average molecular weight is 141 g/mol. The van der Waals surface area contributed by atoms with Crippen LogP contribution in [0.1, 0.15) is 19.3 Å². The summed E-state index contributed by atoms with van der Waals surface area (Å²) in [5.41, 5.74) is 0. The highest BCUT2D eigenvalue weighted by molar-refractivity contribution is 5.32. The Bertz CT molecular complexity index is 135. The van der Waals surface area contributed by atoms with Crippen molar-refractivity contribution in [1.29, 1.82) is 0 Å². The maximum Gasteiger partial charge on any atom is 0.234 e. The van der Waals surface area contributed by atoms with Crippen LogP contribution in [-0.4, -0.2) is 25.3 Å². The van der Waals surface area contributed by atoms with Gasteiger partial charge in [-0.25, -0.2) is 9.79 Å². The van der Waals surface area contributed by atoms with Gasteiger partial charge < -0.3 is 4.74 Å². The number of ether oxygens (including phenoxy) is 1. The summed E-state index contributed by atoms with van der Waals surface area (Å²) in [4.78, 5) is 13.1. The van der Waals surface area contributed by atoms with Crippen molar-refractivity contribution in [3.05, 3.63) is 0 Å². The zero-order valence-corrected chi connectivity index (χ0v) is 5.88. The summed E-state index contributed by atoms with van der Waals surface area (Å²) in [5.74, 6) is 0. The number of nitrogens with zero attached hydrogens (tertiary/aromatic N) is 1. The molecule has 3 heteroatoms. The third kappa shape index (κ3) is 2.29. The molecule has 3 nitrogen and oxygen atoms in total. The Hall–Kier alpha value is -0.660. The number of hydrogen-bond acceptors (Lipinski definition) is 3. The normalized spacial score (nSPS) is 24.2. The zero-order chi connectivity index (χ0) is 7.23. The summed E-state index contributed by atoms with van der Waals surface area (Å²) < 4.78 is 5.31. The number of rotatable bonds is 3. The van der Waals surface area contributed by atoms with Gasteiger partial charge in [-0.15, -0.1) is 0 Å². The molecule has 0 unspecified atom stereocenters. The van der Waals surface area contributed by atoms with E-state index in [-0.39, 0.29) is 0 Å². The minimum Gasteiger partial charge on any atom is -0.378 e. The highest BCUT2D eigenvalue weighted by Gasteiger charge is 2.13. The minimum atomic E-state index is 0.345. The van der Waals surface area contributed by atoms with Gasteiger partial charge in [0.15, 0.2) is 0 Å². The van der Waals surface area contributed by atoms with Gasteiger partial charge in [-0.2, -0.15) is 0 Å². The van der Waals surface area contributed by atoms with E-state index < -0.39 is 0 Å². The van der Waals surface area contributed by atoms with Crippen molar-refractivity contribution in [1.82, 2.24) is 0 Å². The molecule has 56 valence electrons. The Morgan fingerprint density at radius 2 is 2.60 bits per heavy atom. The van der Waals surface area contributed by atoms with Crippen LogP contribution in [0.25, 0.3) is 0 Å². The first-order valence-corrected chi connectivity index (χ1v) is 3.58. The number of carbonyl (C=O) groups excluding carboxylic acids is 1. The first kappa shape index (κ1) is 7.45. The fourth-order valence-corrected chi connectivity index (χ4v) is 1.13. The van der Waals surface area contributed by atoms with E-state index in [1.807, 2.05) is 0 Å². The largest absolute Gasteiger partial charge is 0.378 e. The van der Waals surface area contributed by atoms with Crippen molar-refractivity contribution in [2.75, 3.05) is 13.2 Å². The molecule has 0 amide bonds. The number of isocyanates is 1. The average Bonchev–Trinajstić information content (AvgIpc) is 2.41. The van der Waals surface area contributed by atoms with Crippen LogP contribution in [0, 0.1) is 0 Å². The van der Waals surface area contributed by atoms with Crippen LogP contribution < -0.4 is 0 Å². The summed E-state index contributed by atoms with van der Waals surface area (Å²) in [7, 11) is 0. The third-order valence-electron chi connectivity index (χ3n) is 1.65. The van der Waals surface area contributed by atoms with Gasteiger partial charge in [0, 0.05) is 6.61 Å². The molecule has 0 spiro atoms. The Morgan fingerprint density at radius 3 is 3.20 bits per heavy atom. The summed E-state index contributed by atoms with van der Waals surface area (Å²) in [6.07, 6.45) is 4.99. The Balaban J connectivity index is 2.06. The topological polar surface area (TPSA) is 38.7 Å². The summed E-state index contributed by atoms with van der Waals surface area (Å²) >= 11 is 0. The van der Waals surface area contributed by atoms with Crippen molar-refractivity contribution in [3.63, 3.8) is 0 Å². The quantitative estimate of drug-likeness (QED) is 0.432. The fourth-order valence-electron chi connectivity index (χ4n) is 1.13. The second-order valence-corrected chi connectivity index (χ2v) is 2.40. The van der Waals surface area contributed by atoms with E-state index in [1.165, 1.54) is 6.08 Å². The third-order valence-corrected chi connectivity index (χ3v) is 1.65. The number of hydrogen-bond donors (Lipinski definition) is 0. The van der Waals surface area contributed by atoms with Gasteiger partial charge in [0.1, 0.15) is 0 Å². The van der Waals surface area contributed by atoms with Gasteiger partial charge in [-0.1, -0.05) is 0 Å². The van der Waals surface area contributed by atoms with Gasteiger partial charge >= 0.3 is 0 Å². The Labute approximate surface area is 60.1 Å². The van der Waals surface area contributed by atoms with E-state index in [4.69, 9.17) is 4.74 Å². The smallest absolute Gasteiger partial charge is 0.234 e. The monoisotopic (exact) mass is 141 g/mol. The van der Waals surface area contributed by atoms with Crippen LogP contribution in [0.2, 0.25) is 0 Å². The molecule has 1 atom stereocenters. The lowest BCUT2D eigenvalue weighted by Gasteiger charge is -2.04. The lowest BCUT2D eigenvalue weighted by Crippen LogP contribution is -2.05. The van der Waals surface area contributed by atoms with Crippen LogP contribution in [0.15, 0.2) is 4.99 Å². The van der Waals surface area contributed by atoms with Gasteiger partial charge in [0.25, 0.3) is 0 Å². The molecular weight excluding hydrogens is 130 g/mol. The molecule has 10 heavy (non-hydrogen) atoms. The maximum atomic E-state index is 9.65. The molecule has 0 aromatic carbocycles. The van der Waals surface area contributed by atoms with E-state index in [1.54, 1.807) is 0 Å². The van der Waals surface area contributed by atoms with E-state index in [2.05, 4.69) is 4.99 Å². The van der Waals surface area contributed by atoms with Crippen LogP contribution in [-0.2, 0) is 9.53 Å². The second-order valence-electron chi connectivity index (χ2n) is 2.40. The molecule has 0 N–H and O–H groups in total. The second kappa shape index (κ2) is 4.20. The summed E-state index contributed by atoms with van der Waals surface area (Å²) in [5, 5.41) is 0. The van der Waals surface area contributed by atoms with Crippen molar-refractivity contribution >= 4 is 6.08 Å². The van der Waals surface area contributed by atoms with Crippen LogP contribution in [0.3, 0.4) is 0 Å². The van der Waals surface area contributed by atoms with Crippen LogP contribution in [0.4, 0.5) is 0 Å². The van der Waals surface area contributed by atoms with Gasteiger partial charge in [0.2, 0.25) is 6.08 Å². The maximum absolute atomic E-state index is 9.65. The van der Waals surface area contributed by atoms with Crippen LogP contribution >= 0.6 is 0 Å². The molecule has 1 fully saturated rings. The molecule has 1 aliphatic heterocycles. The Morgan fingerprint density at radius 1 is 1.70 bits per heavy atom. The molecule has 0 bridgehead atoms. The SMILES string of the molecule is O=C=NCC[C@H]1CCCO1. The number of aliphatic imine (C=N–C) groups is 1. The Kier molecular flexibility index (Phi) is 3.13. The van der Waals surface area contributed by atoms with Gasteiger partial charge in [-0.05, 0) is 19.3 Å². The molecule has 1 heterocycles. The highest BCUT2D eigenvalue weighted by atomic mass is 16.5. The molecule has 1 aliphatic rings. The van der Waals surface area contributed by atoms with Crippen molar-refractivity contribution in [3.8, 4) is 0 Å². The molecule has 0 aromatic rings. The van der Waals surface area contributed by atoms with E-state index in [0.29, 0.717) is 12.6 Å². The predicted molar refractivity (Wildman–Crippen MR) is 36.6 cm³/mol. The van der Waals surface area contributed by atoms with Gasteiger partial charge in [0.05, 0.1) is 12.6 Å². The van der Waals surface area contributed by atoms with Gasteiger partial charge in [-0.3, -0.25) is 0 Å². The standard InChI is InChI=1S/C7H11NO2/c9-6-8-4-3-7-2-1-5-10-7/h7H,1-5H2/t7-/m1/s1.